The van der Waals surface area contributed by atoms with Gasteiger partial charge in [0.15, 0.2) is 0 Å². The summed E-state index contributed by atoms with van der Waals surface area (Å²) in [5.41, 5.74) is 1.68. The number of nitriles is 1. The van der Waals surface area contributed by atoms with Gasteiger partial charge in [-0.3, -0.25) is 5.32 Å². The zero-order valence-corrected chi connectivity index (χ0v) is 12.1. The molecular formula is C16H18ClFN2. The summed E-state index contributed by atoms with van der Waals surface area (Å²) < 4.78 is 13.8. The van der Waals surface area contributed by atoms with Crippen molar-refractivity contribution in [1.29, 1.82) is 5.26 Å². The van der Waals surface area contributed by atoms with Crippen molar-refractivity contribution in [2.24, 2.45) is 0 Å². The van der Waals surface area contributed by atoms with Gasteiger partial charge in [0.2, 0.25) is 0 Å². The van der Waals surface area contributed by atoms with Gasteiger partial charge in [0.25, 0.3) is 0 Å². The van der Waals surface area contributed by atoms with Crippen molar-refractivity contribution in [1.82, 2.24) is 5.32 Å². The minimum Gasteiger partial charge on any atom is -0.298 e. The van der Waals surface area contributed by atoms with Gasteiger partial charge in [-0.25, -0.2) is 4.39 Å². The van der Waals surface area contributed by atoms with Crippen molar-refractivity contribution in [2.45, 2.75) is 38.1 Å². The van der Waals surface area contributed by atoms with Crippen LogP contribution in [0.2, 0.25) is 5.02 Å². The first-order chi connectivity index (χ1) is 9.72. The average molecular weight is 293 g/mol. The molecule has 1 atom stereocenters. The maximum Gasteiger partial charge on any atom is 0.130 e. The second kappa shape index (κ2) is 7.42. The van der Waals surface area contributed by atoms with E-state index in [1.165, 1.54) is 24.5 Å². The average Bonchev–Trinajstić information content (AvgIpc) is 2.46. The third-order valence-corrected chi connectivity index (χ3v) is 3.93. The molecule has 1 unspecified atom stereocenters. The van der Waals surface area contributed by atoms with Gasteiger partial charge in [-0.2, -0.15) is 5.26 Å². The zero-order chi connectivity index (χ0) is 14.4. The Morgan fingerprint density at radius 1 is 1.40 bits per heavy atom. The van der Waals surface area contributed by atoms with Gasteiger partial charge in [0.05, 0.1) is 6.07 Å². The Morgan fingerprint density at radius 2 is 2.25 bits per heavy atom. The van der Waals surface area contributed by atoms with Gasteiger partial charge >= 0.3 is 0 Å². The SMILES string of the molecule is N#CC(NCCC1=CCCCC1)c1c(F)cccc1Cl. The van der Waals surface area contributed by atoms with Crippen LogP contribution in [0.3, 0.4) is 0 Å². The number of nitrogens with one attached hydrogen (secondary N) is 1. The number of halogens is 2. The molecule has 0 saturated carbocycles. The van der Waals surface area contributed by atoms with Crippen LogP contribution in [0.25, 0.3) is 0 Å². The lowest BCUT2D eigenvalue weighted by Crippen LogP contribution is -2.23. The Kier molecular flexibility index (Phi) is 5.58. The molecule has 0 saturated heterocycles. The fraction of sp³-hybridized carbons (Fsp3) is 0.438. The number of rotatable bonds is 5. The lowest BCUT2D eigenvalue weighted by Gasteiger charge is -2.16. The largest absolute Gasteiger partial charge is 0.298 e. The second-order valence-electron chi connectivity index (χ2n) is 5.01. The molecule has 1 N–H and O–H groups in total. The van der Waals surface area contributed by atoms with E-state index in [2.05, 4.69) is 17.5 Å². The van der Waals surface area contributed by atoms with E-state index in [0.717, 1.165) is 19.3 Å². The molecule has 0 fully saturated rings. The number of allylic oxidation sites excluding steroid dienone is 1. The summed E-state index contributed by atoms with van der Waals surface area (Å²) in [5.74, 6) is -0.437. The third kappa shape index (κ3) is 3.82. The van der Waals surface area contributed by atoms with Gasteiger partial charge in [-0.05, 0) is 44.2 Å². The summed E-state index contributed by atoms with van der Waals surface area (Å²) >= 11 is 5.99. The van der Waals surface area contributed by atoms with E-state index in [1.807, 2.05) is 0 Å². The molecule has 0 aromatic heterocycles. The van der Waals surface area contributed by atoms with Crippen molar-refractivity contribution in [3.05, 3.63) is 46.3 Å². The van der Waals surface area contributed by atoms with E-state index in [0.29, 0.717) is 11.6 Å². The van der Waals surface area contributed by atoms with E-state index >= 15 is 0 Å². The van der Waals surface area contributed by atoms with Crippen LogP contribution in [0.1, 0.15) is 43.7 Å². The fourth-order valence-electron chi connectivity index (χ4n) is 2.51. The quantitative estimate of drug-likeness (QED) is 0.810. The summed E-state index contributed by atoms with van der Waals surface area (Å²) in [6, 6.07) is 5.86. The van der Waals surface area contributed by atoms with Crippen molar-refractivity contribution in [3.8, 4) is 6.07 Å². The normalized spacial score (nSPS) is 16.4. The zero-order valence-electron chi connectivity index (χ0n) is 11.3. The van der Waals surface area contributed by atoms with Crippen molar-refractivity contribution in [3.63, 3.8) is 0 Å². The molecule has 0 heterocycles. The summed E-state index contributed by atoms with van der Waals surface area (Å²) in [7, 11) is 0. The van der Waals surface area contributed by atoms with Crippen molar-refractivity contribution < 1.29 is 4.39 Å². The fourth-order valence-corrected chi connectivity index (χ4v) is 2.78. The van der Waals surface area contributed by atoms with Crippen LogP contribution in [0.4, 0.5) is 4.39 Å². The van der Waals surface area contributed by atoms with Crippen molar-refractivity contribution in [2.75, 3.05) is 6.54 Å². The summed E-state index contributed by atoms with van der Waals surface area (Å²) in [6.45, 7) is 0.661. The minimum atomic E-state index is -0.701. The first kappa shape index (κ1) is 15.0. The highest BCUT2D eigenvalue weighted by Gasteiger charge is 2.18. The molecule has 2 nitrogen and oxygen atoms in total. The molecule has 0 aliphatic heterocycles. The van der Waals surface area contributed by atoms with E-state index in [-0.39, 0.29) is 5.56 Å². The smallest absolute Gasteiger partial charge is 0.130 e. The molecule has 0 bridgehead atoms. The van der Waals surface area contributed by atoms with Crippen LogP contribution in [-0.2, 0) is 0 Å². The van der Waals surface area contributed by atoms with E-state index < -0.39 is 11.9 Å². The molecule has 1 aliphatic carbocycles. The molecule has 0 spiro atoms. The Morgan fingerprint density at radius 3 is 2.90 bits per heavy atom. The van der Waals surface area contributed by atoms with E-state index in [4.69, 9.17) is 11.6 Å². The van der Waals surface area contributed by atoms with Gasteiger partial charge < -0.3 is 0 Å². The lowest BCUT2D eigenvalue weighted by atomic mass is 9.97. The topological polar surface area (TPSA) is 35.8 Å². The monoisotopic (exact) mass is 292 g/mol. The molecule has 0 radical (unpaired) electrons. The van der Waals surface area contributed by atoms with Crippen molar-refractivity contribution >= 4 is 11.6 Å². The number of hydrogen-bond donors (Lipinski definition) is 1. The Labute approximate surface area is 124 Å². The number of hydrogen-bond acceptors (Lipinski definition) is 2. The van der Waals surface area contributed by atoms with Crippen LogP contribution in [0.15, 0.2) is 29.8 Å². The Balaban J connectivity index is 1.96. The number of benzene rings is 1. The molecule has 1 aliphatic rings. The van der Waals surface area contributed by atoms with Gasteiger partial charge in [0.1, 0.15) is 11.9 Å². The van der Waals surface area contributed by atoms with Gasteiger partial charge in [0, 0.05) is 17.1 Å². The molecule has 1 aromatic carbocycles. The van der Waals surface area contributed by atoms with E-state index in [9.17, 15) is 9.65 Å². The maximum absolute atomic E-state index is 13.8. The summed E-state index contributed by atoms with van der Waals surface area (Å²) in [5, 5.41) is 12.6. The highest BCUT2D eigenvalue weighted by molar-refractivity contribution is 6.31. The highest BCUT2D eigenvalue weighted by atomic mass is 35.5. The van der Waals surface area contributed by atoms with Crippen LogP contribution in [-0.4, -0.2) is 6.54 Å². The van der Waals surface area contributed by atoms with E-state index in [1.54, 1.807) is 12.1 Å². The van der Waals surface area contributed by atoms with Crippen LogP contribution < -0.4 is 5.32 Å². The minimum absolute atomic E-state index is 0.245. The molecule has 2 rings (SSSR count). The first-order valence-electron chi connectivity index (χ1n) is 6.97. The molecule has 106 valence electrons. The standard InChI is InChI=1S/C16H18ClFN2/c17-13-7-4-8-14(18)16(13)15(11-19)20-10-9-12-5-2-1-3-6-12/h4-5,7-8,15,20H,1-3,6,9-10H2. The van der Waals surface area contributed by atoms with Gasteiger partial charge in [-0.1, -0.05) is 29.3 Å². The summed E-state index contributed by atoms with van der Waals surface area (Å²) in [6.07, 6.45) is 7.98. The Bertz CT molecular complexity index is 514. The molecule has 4 heteroatoms. The molecule has 0 amide bonds. The molecular weight excluding hydrogens is 275 g/mol. The highest BCUT2D eigenvalue weighted by Crippen LogP contribution is 2.26. The lowest BCUT2D eigenvalue weighted by molar-refractivity contribution is 0.557. The molecule has 20 heavy (non-hydrogen) atoms. The predicted molar refractivity (Wildman–Crippen MR) is 78.9 cm³/mol. The second-order valence-corrected chi connectivity index (χ2v) is 5.42. The Hall–Kier alpha value is -1.37. The maximum atomic E-state index is 13.8. The summed E-state index contributed by atoms with van der Waals surface area (Å²) in [4.78, 5) is 0. The van der Waals surface area contributed by atoms with Crippen LogP contribution >= 0.6 is 11.6 Å². The third-order valence-electron chi connectivity index (χ3n) is 3.60. The predicted octanol–water partition coefficient (Wildman–Crippen LogP) is 4.52. The van der Waals surface area contributed by atoms with Crippen LogP contribution in [0.5, 0.6) is 0 Å². The van der Waals surface area contributed by atoms with Gasteiger partial charge in [-0.15, -0.1) is 0 Å². The number of nitrogens with zero attached hydrogens (tertiary/aromatic N) is 1. The first-order valence-corrected chi connectivity index (χ1v) is 7.35. The van der Waals surface area contributed by atoms with Crippen LogP contribution in [0, 0.1) is 17.1 Å². The molecule has 1 aromatic rings.